The number of ether oxygens (including phenoxy) is 1. The van der Waals surface area contributed by atoms with E-state index in [0.29, 0.717) is 18.7 Å². The van der Waals surface area contributed by atoms with Crippen molar-refractivity contribution in [1.29, 1.82) is 0 Å². The third-order valence-corrected chi connectivity index (χ3v) is 3.79. The van der Waals surface area contributed by atoms with E-state index in [-0.39, 0.29) is 18.4 Å². The van der Waals surface area contributed by atoms with Crippen LogP contribution < -0.4 is 16.0 Å². The summed E-state index contributed by atoms with van der Waals surface area (Å²) < 4.78 is 4.89. The zero-order chi connectivity index (χ0) is 18.3. The average Bonchev–Trinajstić information content (AvgIpc) is 2.63. The number of carbonyl (C=O) groups is 2. The Morgan fingerprint density at radius 3 is 2.36 bits per heavy atom. The molecule has 25 heavy (non-hydrogen) atoms. The van der Waals surface area contributed by atoms with Crippen LogP contribution in [0.1, 0.15) is 49.4 Å². The molecule has 2 amide bonds. The maximum Gasteiger partial charge on any atom is 0.251 e. The first kappa shape index (κ1) is 21.0. The molecule has 0 aliphatic carbocycles. The monoisotopic (exact) mass is 349 g/mol. The summed E-state index contributed by atoms with van der Waals surface area (Å²) in [6.07, 6.45) is 5.91. The number of methoxy groups -OCH3 is 1. The summed E-state index contributed by atoms with van der Waals surface area (Å²) in [4.78, 5) is 23.6. The number of rotatable bonds is 13. The van der Waals surface area contributed by atoms with Crippen LogP contribution in [0.2, 0.25) is 0 Å². The molecule has 0 aliphatic heterocycles. The lowest BCUT2D eigenvalue weighted by Crippen LogP contribution is -2.30. The number of unbranched alkanes of at least 4 members (excludes halogenated alkanes) is 4. The Morgan fingerprint density at radius 2 is 1.68 bits per heavy atom. The first-order valence-corrected chi connectivity index (χ1v) is 9.05. The number of carbonyl (C=O) groups excluding carboxylic acids is 2. The molecule has 140 valence electrons. The van der Waals surface area contributed by atoms with E-state index in [2.05, 4.69) is 22.9 Å². The van der Waals surface area contributed by atoms with Crippen LogP contribution in [0.5, 0.6) is 0 Å². The highest BCUT2D eigenvalue weighted by molar-refractivity contribution is 5.94. The summed E-state index contributed by atoms with van der Waals surface area (Å²) in [5.74, 6) is -0.152. The zero-order valence-corrected chi connectivity index (χ0v) is 15.4. The highest BCUT2D eigenvalue weighted by Crippen LogP contribution is 2.09. The molecule has 3 N–H and O–H groups in total. The molecular weight excluding hydrogens is 318 g/mol. The fraction of sp³-hybridized carbons (Fsp3) is 0.579. The van der Waals surface area contributed by atoms with Gasteiger partial charge in [0.05, 0.1) is 13.2 Å². The molecule has 0 spiro atoms. The number of anilines is 1. The minimum atomic E-state index is -0.135. The molecule has 0 saturated carbocycles. The molecule has 0 unspecified atom stereocenters. The molecule has 0 heterocycles. The van der Waals surface area contributed by atoms with Crippen molar-refractivity contribution in [2.24, 2.45) is 0 Å². The first-order chi connectivity index (χ1) is 12.2. The van der Waals surface area contributed by atoms with Crippen molar-refractivity contribution in [2.75, 3.05) is 38.7 Å². The van der Waals surface area contributed by atoms with Crippen molar-refractivity contribution < 1.29 is 14.3 Å². The van der Waals surface area contributed by atoms with E-state index in [4.69, 9.17) is 4.74 Å². The standard InChI is InChI=1S/C19H31N3O3/c1-3-4-5-6-7-12-20-18(23)15-22-17-10-8-16(9-11-17)19(24)21-13-14-25-2/h8-11,22H,3-7,12-15H2,1-2H3,(H,20,23)(H,21,24). The lowest BCUT2D eigenvalue weighted by Gasteiger charge is -2.09. The highest BCUT2D eigenvalue weighted by atomic mass is 16.5. The second-order valence-electron chi connectivity index (χ2n) is 5.94. The lowest BCUT2D eigenvalue weighted by atomic mass is 10.1. The van der Waals surface area contributed by atoms with E-state index in [1.807, 2.05) is 0 Å². The van der Waals surface area contributed by atoms with Gasteiger partial charge in [0.2, 0.25) is 5.91 Å². The predicted octanol–water partition coefficient (Wildman–Crippen LogP) is 2.56. The highest BCUT2D eigenvalue weighted by Gasteiger charge is 2.05. The number of benzene rings is 1. The molecule has 1 aromatic rings. The topological polar surface area (TPSA) is 79.5 Å². The molecular formula is C19H31N3O3. The third-order valence-electron chi connectivity index (χ3n) is 3.79. The van der Waals surface area contributed by atoms with Gasteiger partial charge in [-0.05, 0) is 30.7 Å². The third kappa shape index (κ3) is 9.72. The SMILES string of the molecule is CCCCCCCNC(=O)CNc1ccc(C(=O)NCCOC)cc1. The number of nitrogens with one attached hydrogen (secondary N) is 3. The summed E-state index contributed by atoms with van der Waals surface area (Å²) in [6.45, 7) is 4.11. The van der Waals surface area contributed by atoms with E-state index < -0.39 is 0 Å². The molecule has 1 aromatic carbocycles. The molecule has 0 bridgehead atoms. The van der Waals surface area contributed by atoms with E-state index in [1.165, 1.54) is 19.3 Å². The van der Waals surface area contributed by atoms with Crippen LogP contribution in [-0.4, -0.2) is 45.2 Å². The van der Waals surface area contributed by atoms with Gasteiger partial charge in [-0.2, -0.15) is 0 Å². The molecule has 0 saturated heterocycles. The van der Waals surface area contributed by atoms with Crippen LogP contribution in [0, 0.1) is 0 Å². The van der Waals surface area contributed by atoms with E-state index >= 15 is 0 Å². The molecule has 0 fully saturated rings. The summed E-state index contributed by atoms with van der Waals surface area (Å²) in [5, 5.41) is 8.73. The van der Waals surface area contributed by atoms with Gasteiger partial charge in [0.25, 0.3) is 5.91 Å². The van der Waals surface area contributed by atoms with Gasteiger partial charge in [-0.25, -0.2) is 0 Å². The summed E-state index contributed by atoms with van der Waals surface area (Å²) in [6, 6.07) is 7.05. The van der Waals surface area contributed by atoms with Crippen molar-refractivity contribution in [1.82, 2.24) is 10.6 Å². The molecule has 6 heteroatoms. The molecule has 0 radical (unpaired) electrons. The molecule has 6 nitrogen and oxygen atoms in total. The average molecular weight is 349 g/mol. The molecule has 0 atom stereocenters. The van der Waals surface area contributed by atoms with Crippen molar-refractivity contribution >= 4 is 17.5 Å². The summed E-state index contributed by atoms with van der Waals surface area (Å²) in [5.41, 5.74) is 1.39. The van der Waals surface area contributed by atoms with Gasteiger partial charge in [-0.3, -0.25) is 9.59 Å². The minimum Gasteiger partial charge on any atom is -0.383 e. The fourth-order valence-electron chi connectivity index (χ4n) is 2.31. The van der Waals surface area contributed by atoms with Crippen LogP contribution in [0.3, 0.4) is 0 Å². The van der Waals surface area contributed by atoms with Crippen molar-refractivity contribution in [3.63, 3.8) is 0 Å². The van der Waals surface area contributed by atoms with Crippen molar-refractivity contribution in [2.45, 2.75) is 39.0 Å². The van der Waals surface area contributed by atoms with Gasteiger partial charge < -0.3 is 20.7 Å². The van der Waals surface area contributed by atoms with Gasteiger partial charge in [-0.15, -0.1) is 0 Å². The van der Waals surface area contributed by atoms with Gasteiger partial charge in [0.1, 0.15) is 0 Å². The van der Waals surface area contributed by atoms with E-state index in [9.17, 15) is 9.59 Å². The quantitative estimate of drug-likeness (QED) is 0.478. The predicted molar refractivity (Wildman–Crippen MR) is 101 cm³/mol. The minimum absolute atomic E-state index is 0.0168. The lowest BCUT2D eigenvalue weighted by molar-refractivity contribution is -0.119. The van der Waals surface area contributed by atoms with Crippen LogP contribution in [0.4, 0.5) is 5.69 Å². The summed E-state index contributed by atoms with van der Waals surface area (Å²) in [7, 11) is 1.59. The maximum absolute atomic E-state index is 11.9. The number of hydrogen-bond acceptors (Lipinski definition) is 4. The Labute approximate surface area is 150 Å². The molecule has 0 aliphatic rings. The van der Waals surface area contributed by atoms with E-state index in [0.717, 1.165) is 25.1 Å². The van der Waals surface area contributed by atoms with Gasteiger partial charge in [0.15, 0.2) is 0 Å². The Morgan fingerprint density at radius 1 is 0.960 bits per heavy atom. The van der Waals surface area contributed by atoms with Crippen LogP contribution in [-0.2, 0) is 9.53 Å². The van der Waals surface area contributed by atoms with Gasteiger partial charge >= 0.3 is 0 Å². The second kappa shape index (κ2) is 13.2. The Hall–Kier alpha value is -2.08. The zero-order valence-electron chi connectivity index (χ0n) is 15.4. The largest absolute Gasteiger partial charge is 0.383 e. The Kier molecular flexibility index (Phi) is 11.1. The smallest absolute Gasteiger partial charge is 0.251 e. The second-order valence-corrected chi connectivity index (χ2v) is 5.94. The number of amides is 2. The Bertz CT molecular complexity index is 503. The molecule has 1 rings (SSSR count). The first-order valence-electron chi connectivity index (χ1n) is 9.05. The number of hydrogen-bond donors (Lipinski definition) is 3. The maximum atomic E-state index is 11.9. The van der Waals surface area contributed by atoms with Crippen molar-refractivity contribution in [3.05, 3.63) is 29.8 Å². The summed E-state index contributed by atoms with van der Waals surface area (Å²) >= 11 is 0. The Balaban J connectivity index is 2.22. The van der Waals surface area contributed by atoms with Crippen LogP contribution in [0.15, 0.2) is 24.3 Å². The van der Waals surface area contributed by atoms with Crippen LogP contribution in [0.25, 0.3) is 0 Å². The van der Waals surface area contributed by atoms with Gasteiger partial charge in [-0.1, -0.05) is 32.6 Å². The van der Waals surface area contributed by atoms with Gasteiger partial charge in [0, 0.05) is 31.5 Å². The molecule has 0 aromatic heterocycles. The normalized spacial score (nSPS) is 10.3. The van der Waals surface area contributed by atoms with Crippen molar-refractivity contribution in [3.8, 4) is 0 Å². The van der Waals surface area contributed by atoms with E-state index in [1.54, 1.807) is 31.4 Å². The fourth-order valence-corrected chi connectivity index (χ4v) is 2.31. The van der Waals surface area contributed by atoms with Crippen LogP contribution >= 0.6 is 0 Å².